The number of carbonyl (C=O) groups is 1. The summed E-state index contributed by atoms with van der Waals surface area (Å²) in [6, 6.07) is 3.35. The number of sulfonamides is 1. The van der Waals surface area contributed by atoms with E-state index in [9.17, 15) is 13.2 Å². The fourth-order valence-electron chi connectivity index (χ4n) is 1.27. The molecule has 0 atom stereocenters. The molecule has 0 radical (unpaired) electrons. The molecule has 0 unspecified atom stereocenters. The summed E-state index contributed by atoms with van der Waals surface area (Å²) in [6.07, 6.45) is 1.76. The summed E-state index contributed by atoms with van der Waals surface area (Å²) in [5.41, 5.74) is 1.22. The van der Waals surface area contributed by atoms with Crippen LogP contribution in [0.15, 0.2) is 18.3 Å². The number of hydrogen-bond acceptors (Lipinski definition) is 5. The summed E-state index contributed by atoms with van der Waals surface area (Å²) in [7, 11) is -2.18. The maximum Gasteiger partial charge on any atom is 0.305 e. The molecular formula is C11H16N2O4S. The SMILES string of the molecule is COC(=O)CCCS(=O)(=O)Nc1ccc(C)nc1. The molecule has 1 N–H and O–H groups in total. The van der Waals surface area contributed by atoms with Gasteiger partial charge in [0.2, 0.25) is 10.0 Å². The van der Waals surface area contributed by atoms with Crippen molar-refractivity contribution in [2.24, 2.45) is 0 Å². The van der Waals surface area contributed by atoms with Gasteiger partial charge in [-0.2, -0.15) is 0 Å². The van der Waals surface area contributed by atoms with Gasteiger partial charge in [0.1, 0.15) is 0 Å². The lowest BCUT2D eigenvalue weighted by Crippen LogP contribution is -2.17. The van der Waals surface area contributed by atoms with Crippen molar-refractivity contribution in [3.63, 3.8) is 0 Å². The first-order valence-corrected chi connectivity index (χ1v) is 7.08. The predicted molar refractivity (Wildman–Crippen MR) is 67.6 cm³/mol. The molecule has 0 aliphatic heterocycles. The molecule has 0 amide bonds. The Bertz CT molecular complexity index is 496. The highest BCUT2D eigenvalue weighted by atomic mass is 32.2. The number of ether oxygens (including phenoxy) is 1. The minimum absolute atomic E-state index is 0.0869. The van der Waals surface area contributed by atoms with Crippen molar-refractivity contribution in [1.82, 2.24) is 4.98 Å². The summed E-state index contributed by atoms with van der Waals surface area (Å²) in [5, 5.41) is 0. The first-order valence-electron chi connectivity index (χ1n) is 5.43. The van der Waals surface area contributed by atoms with Gasteiger partial charge in [0.25, 0.3) is 0 Å². The molecule has 18 heavy (non-hydrogen) atoms. The van der Waals surface area contributed by atoms with Crippen LogP contribution >= 0.6 is 0 Å². The zero-order valence-electron chi connectivity index (χ0n) is 10.3. The van der Waals surface area contributed by atoms with E-state index in [0.717, 1.165) is 5.69 Å². The van der Waals surface area contributed by atoms with Crippen LogP contribution in [-0.4, -0.2) is 32.2 Å². The molecule has 0 aliphatic carbocycles. The Morgan fingerprint density at radius 2 is 2.17 bits per heavy atom. The van der Waals surface area contributed by atoms with Crippen molar-refractivity contribution in [3.8, 4) is 0 Å². The minimum Gasteiger partial charge on any atom is -0.469 e. The van der Waals surface area contributed by atoms with Crippen LogP contribution in [0.4, 0.5) is 5.69 Å². The van der Waals surface area contributed by atoms with Crippen LogP contribution in [0.2, 0.25) is 0 Å². The van der Waals surface area contributed by atoms with Crippen LogP contribution in [0.1, 0.15) is 18.5 Å². The second kappa shape index (κ2) is 6.34. The minimum atomic E-state index is -3.45. The van der Waals surface area contributed by atoms with E-state index in [1.54, 1.807) is 12.1 Å². The number of esters is 1. The molecule has 0 aliphatic rings. The van der Waals surface area contributed by atoms with Gasteiger partial charge < -0.3 is 4.74 Å². The van der Waals surface area contributed by atoms with Crippen molar-refractivity contribution in [2.75, 3.05) is 17.6 Å². The van der Waals surface area contributed by atoms with Gasteiger partial charge in [0.05, 0.1) is 24.7 Å². The highest BCUT2D eigenvalue weighted by molar-refractivity contribution is 7.92. The molecule has 1 rings (SSSR count). The monoisotopic (exact) mass is 272 g/mol. The van der Waals surface area contributed by atoms with Gasteiger partial charge >= 0.3 is 5.97 Å². The van der Waals surface area contributed by atoms with E-state index in [1.807, 2.05) is 6.92 Å². The number of anilines is 1. The van der Waals surface area contributed by atoms with Gasteiger partial charge in [-0.05, 0) is 25.5 Å². The highest BCUT2D eigenvalue weighted by Gasteiger charge is 2.11. The highest BCUT2D eigenvalue weighted by Crippen LogP contribution is 2.09. The number of aromatic nitrogens is 1. The average Bonchev–Trinajstić information content (AvgIpc) is 2.31. The summed E-state index contributed by atoms with van der Waals surface area (Å²) in [5.74, 6) is -0.544. The van der Waals surface area contributed by atoms with E-state index in [4.69, 9.17) is 0 Å². The third kappa shape index (κ3) is 5.13. The molecule has 0 saturated heterocycles. The molecule has 0 fully saturated rings. The number of pyridine rings is 1. The predicted octanol–water partition coefficient (Wildman–Crippen LogP) is 1.08. The maximum atomic E-state index is 11.7. The molecule has 100 valence electrons. The van der Waals surface area contributed by atoms with Gasteiger partial charge in [0, 0.05) is 12.1 Å². The van der Waals surface area contributed by atoms with E-state index in [0.29, 0.717) is 5.69 Å². The van der Waals surface area contributed by atoms with Crippen molar-refractivity contribution in [3.05, 3.63) is 24.0 Å². The Balaban J connectivity index is 2.49. The number of carbonyl (C=O) groups excluding carboxylic acids is 1. The number of aryl methyl sites for hydroxylation is 1. The Morgan fingerprint density at radius 1 is 1.44 bits per heavy atom. The first-order chi connectivity index (χ1) is 8.43. The Labute approximate surface area is 106 Å². The van der Waals surface area contributed by atoms with E-state index in [-0.39, 0.29) is 18.6 Å². The largest absolute Gasteiger partial charge is 0.469 e. The van der Waals surface area contributed by atoms with Crippen molar-refractivity contribution in [1.29, 1.82) is 0 Å². The van der Waals surface area contributed by atoms with Crippen molar-refractivity contribution in [2.45, 2.75) is 19.8 Å². The Hall–Kier alpha value is -1.63. The molecule has 1 aromatic heterocycles. The number of hydrogen-bond donors (Lipinski definition) is 1. The van der Waals surface area contributed by atoms with E-state index >= 15 is 0 Å². The van der Waals surface area contributed by atoms with Gasteiger partial charge in [0.15, 0.2) is 0 Å². The molecular weight excluding hydrogens is 256 g/mol. The zero-order chi connectivity index (χ0) is 13.6. The molecule has 1 heterocycles. The van der Waals surface area contributed by atoms with Gasteiger partial charge in [-0.25, -0.2) is 8.42 Å². The fraction of sp³-hybridized carbons (Fsp3) is 0.455. The number of nitrogens with zero attached hydrogens (tertiary/aromatic N) is 1. The molecule has 1 aromatic rings. The molecule has 6 nitrogen and oxygen atoms in total. The Morgan fingerprint density at radius 3 is 2.72 bits per heavy atom. The van der Waals surface area contributed by atoms with Gasteiger partial charge in [-0.15, -0.1) is 0 Å². The van der Waals surface area contributed by atoms with E-state index in [1.165, 1.54) is 13.3 Å². The van der Waals surface area contributed by atoms with Crippen molar-refractivity contribution < 1.29 is 17.9 Å². The average molecular weight is 272 g/mol. The zero-order valence-corrected chi connectivity index (χ0v) is 11.2. The maximum absolute atomic E-state index is 11.7. The molecule has 0 aromatic carbocycles. The lowest BCUT2D eigenvalue weighted by molar-refractivity contribution is -0.140. The summed E-state index contributed by atoms with van der Waals surface area (Å²) < 4.78 is 30.2. The standard InChI is InChI=1S/C11H16N2O4S/c1-9-5-6-10(8-12-9)13-18(15,16)7-3-4-11(14)17-2/h5-6,8,13H,3-4,7H2,1-2H3. The van der Waals surface area contributed by atoms with E-state index < -0.39 is 16.0 Å². The fourth-order valence-corrected chi connectivity index (χ4v) is 2.37. The first kappa shape index (κ1) is 14.4. The van der Waals surface area contributed by atoms with Crippen LogP contribution in [0.25, 0.3) is 0 Å². The Kier molecular flexibility index (Phi) is 5.08. The van der Waals surface area contributed by atoms with E-state index in [2.05, 4.69) is 14.4 Å². The second-order valence-corrected chi connectivity index (χ2v) is 5.63. The van der Waals surface area contributed by atoms with Crippen LogP contribution in [0.3, 0.4) is 0 Å². The number of methoxy groups -OCH3 is 1. The molecule has 7 heteroatoms. The van der Waals surface area contributed by atoms with Crippen LogP contribution in [-0.2, 0) is 19.6 Å². The summed E-state index contributed by atoms with van der Waals surface area (Å²) in [4.78, 5) is 14.8. The van der Waals surface area contributed by atoms with Crippen LogP contribution in [0, 0.1) is 6.92 Å². The normalized spacial score (nSPS) is 11.0. The third-order valence-electron chi connectivity index (χ3n) is 2.21. The summed E-state index contributed by atoms with van der Waals surface area (Å²) in [6.45, 7) is 1.81. The third-order valence-corrected chi connectivity index (χ3v) is 3.58. The summed E-state index contributed by atoms with van der Waals surface area (Å²) >= 11 is 0. The van der Waals surface area contributed by atoms with Crippen molar-refractivity contribution >= 4 is 21.7 Å². The van der Waals surface area contributed by atoms with Crippen LogP contribution in [0.5, 0.6) is 0 Å². The lowest BCUT2D eigenvalue weighted by atomic mass is 10.3. The molecule has 0 spiro atoms. The van der Waals surface area contributed by atoms with Gasteiger partial charge in [-0.1, -0.05) is 0 Å². The topological polar surface area (TPSA) is 85.4 Å². The smallest absolute Gasteiger partial charge is 0.305 e. The number of nitrogens with one attached hydrogen (secondary N) is 1. The molecule has 0 saturated carbocycles. The second-order valence-electron chi connectivity index (χ2n) is 3.79. The number of rotatable bonds is 6. The lowest BCUT2D eigenvalue weighted by Gasteiger charge is -2.07. The quantitative estimate of drug-likeness (QED) is 0.783. The van der Waals surface area contributed by atoms with Gasteiger partial charge in [-0.3, -0.25) is 14.5 Å². The molecule has 0 bridgehead atoms. The van der Waals surface area contributed by atoms with Crippen LogP contribution < -0.4 is 4.72 Å².